The summed E-state index contributed by atoms with van der Waals surface area (Å²) in [6, 6.07) is 9.06. The number of hydrogen-bond donors (Lipinski definition) is 2. The normalized spacial score (nSPS) is 10.8. The van der Waals surface area contributed by atoms with Crippen molar-refractivity contribution >= 4 is 39.0 Å². The lowest BCUT2D eigenvalue weighted by Crippen LogP contribution is -2.14. The van der Waals surface area contributed by atoms with Crippen LogP contribution in [0.1, 0.15) is 21.1 Å². The molecule has 0 unspecified atom stereocenters. The number of fused-ring (bicyclic) bond motifs is 1. The number of anilines is 2. The number of nitrogens with two attached hydrogens (primary N) is 1. The lowest BCUT2D eigenvalue weighted by Gasteiger charge is -2.05. The summed E-state index contributed by atoms with van der Waals surface area (Å²) in [5, 5.41) is 4.18. The lowest BCUT2D eigenvalue weighted by atomic mass is 10.1. The molecule has 0 bridgehead atoms. The molecule has 3 N–H and O–H groups in total. The Kier molecular flexibility index (Phi) is 3.31. The first-order valence-corrected chi connectivity index (χ1v) is 7.27. The van der Waals surface area contributed by atoms with E-state index in [1.807, 2.05) is 38.1 Å². The van der Waals surface area contributed by atoms with E-state index in [4.69, 9.17) is 5.73 Å². The van der Waals surface area contributed by atoms with E-state index >= 15 is 0 Å². The molecule has 2 aromatic heterocycles. The zero-order chi connectivity index (χ0) is 15.0. The minimum Gasteiger partial charge on any atom is -0.398 e. The molecule has 5 nitrogen and oxygen atoms in total. The number of nitrogen functional groups attached to an aromatic ring is 1. The van der Waals surface area contributed by atoms with Crippen molar-refractivity contribution in [3.8, 4) is 0 Å². The van der Waals surface area contributed by atoms with Gasteiger partial charge in [0.25, 0.3) is 5.91 Å². The molecule has 3 rings (SSSR count). The molecule has 0 spiro atoms. The first-order chi connectivity index (χ1) is 10.0. The van der Waals surface area contributed by atoms with Crippen LogP contribution in [0.3, 0.4) is 0 Å². The first kappa shape index (κ1) is 13.5. The third-order valence-corrected chi connectivity index (χ3v) is 4.22. The zero-order valence-corrected chi connectivity index (χ0v) is 12.5. The Morgan fingerprint density at radius 3 is 2.71 bits per heavy atom. The van der Waals surface area contributed by atoms with Crippen LogP contribution >= 0.6 is 11.3 Å². The molecule has 0 fully saturated rings. The number of aryl methyl sites for hydroxylation is 2. The van der Waals surface area contributed by atoms with Crippen LogP contribution < -0.4 is 11.1 Å². The van der Waals surface area contributed by atoms with E-state index in [9.17, 15) is 4.79 Å². The number of aromatic nitrogens is 2. The lowest BCUT2D eigenvalue weighted by molar-refractivity contribution is 0.102. The maximum Gasteiger partial charge on any atom is 0.276 e. The maximum atomic E-state index is 12.3. The Bertz CT molecular complexity index is 821. The second kappa shape index (κ2) is 5.14. The summed E-state index contributed by atoms with van der Waals surface area (Å²) < 4.78 is 0. The Balaban J connectivity index is 1.94. The van der Waals surface area contributed by atoms with E-state index in [1.165, 1.54) is 11.3 Å². The summed E-state index contributed by atoms with van der Waals surface area (Å²) in [5.41, 5.74) is 8.43. The molecule has 1 amide bonds. The number of pyridine rings is 1. The molecular formula is C15H14N4OS. The second-order valence-corrected chi connectivity index (χ2v) is 5.93. The molecule has 2 heterocycles. The standard InChI is InChI=1S/C15H14N4OS/c1-8-9(2)21-15(17-8)19-14(20)13-7-11(16)10-5-3-4-6-12(10)18-13/h3-7H,1-2H3,(H2,16,18)(H,17,19,20). The predicted molar refractivity (Wildman–Crippen MR) is 85.7 cm³/mol. The highest BCUT2D eigenvalue weighted by Crippen LogP contribution is 2.23. The molecule has 0 atom stereocenters. The van der Waals surface area contributed by atoms with E-state index in [0.29, 0.717) is 16.3 Å². The third kappa shape index (κ3) is 2.57. The fraction of sp³-hybridized carbons (Fsp3) is 0.133. The minimum absolute atomic E-state index is 0.289. The van der Waals surface area contributed by atoms with Crippen molar-refractivity contribution in [3.63, 3.8) is 0 Å². The van der Waals surface area contributed by atoms with Crippen LogP contribution in [0, 0.1) is 13.8 Å². The number of rotatable bonds is 2. The smallest absolute Gasteiger partial charge is 0.276 e. The summed E-state index contributed by atoms with van der Waals surface area (Å²) in [7, 11) is 0. The van der Waals surface area contributed by atoms with E-state index < -0.39 is 0 Å². The molecule has 106 valence electrons. The summed E-state index contributed by atoms with van der Waals surface area (Å²) in [4.78, 5) is 22.0. The van der Waals surface area contributed by atoms with Gasteiger partial charge < -0.3 is 5.73 Å². The van der Waals surface area contributed by atoms with Gasteiger partial charge in [-0.25, -0.2) is 9.97 Å². The predicted octanol–water partition coefficient (Wildman–Crippen LogP) is 3.14. The van der Waals surface area contributed by atoms with Gasteiger partial charge in [0.1, 0.15) is 5.69 Å². The molecule has 0 radical (unpaired) electrons. The minimum atomic E-state index is -0.304. The molecule has 21 heavy (non-hydrogen) atoms. The first-order valence-electron chi connectivity index (χ1n) is 6.45. The van der Waals surface area contributed by atoms with Crippen molar-refractivity contribution in [3.05, 3.63) is 46.6 Å². The number of nitrogens with one attached hydrogen (secondary N) is 1. The van der Waals surface area contributed by atoms with Gasteiger partial charge in [0.2, 0.25) is 0 Å². The molecule has 6 heteroatoms. The van der Waals surface area contributed by atoms with Crippen LogP contribution in [0.15, 0.2) is 30.3 Å². The van der Waals surface area contributed by atoms with Crippen LogP contribution in [0.2, 0.25) is 0 Å². The van der Waals surface area contributed by atoms with E-state index in [2.05, 4.69) is 15.3 Å². The summed E-state index contributed by atoms with van der Waals surface area (Å²) in [5.74, 6) is -0.304. The largest absolute Gasteiger partial charge is 0.398 e. The van der Waals surface area contributed by atoms with Gasteiger partial charge in [-0.3, -0.25) is 10.1 Å². The van der Waals surface area contributed by atoms with Crippen LogP contribution in [-0.4, -0.2) is 15.9 Å². The number of amides is 1. The Labute approximate surface area is 125 Å². The number of para-hydroxylation sites is 1. The highest BCUT2D eigenvalue weighted by molar-refractivity contribution is 7.15. The van der Waals surface area contributed by atoms with Crippen molar-refractivity contribution < 1.29 is 4.79 Å². The average molecular weight is 298 g/mol. The molecule has 3 aromatic rings. The zero-order valence-electron chi connectivity index (χ0n) is 11.7. The molecule has 0 aliphatic rings. The molecule has 0 aliphatic heterocycles. The number of carbonyl (C=O) groups excluding carboxylic acids is 1. The van der Waals surface area contributed by atoms with Crippen molar-refractivity contribution in [1.82, 2.24) is 9.97 Å². The number of carbonyl (C=O) groups is 1. The van der Waals surface area contributed by atoms with E-state index in [0.717, 1.165) is 16.0 Å². The highest BCUT2D eigenvalue weighted by Gasteiger charge is 2.13. The third-order valence-electron chi connectivity index (χ3n) is 3.23. The van der Waals surface area contributed by atoms with E-state index in [1.54, 1.807) is 6.07 Å². The quantitative estimate of drug-likeness (QED) is 0.761. The molecular weight excluding hydrogens is 284 g/mol. The highest BCUT2D eigenvalue weighted by atomic mass is 32.1. The monoisotopic (exact) mass is 298 g/mol. The van der Waals surface area contributed by atoms with Gasteiger partial charge in [0.05, 0.1) is 11.2 Å². The van der Waals surface area contributed by atoms with Crippen LogP contribution in [0.5, 0.6) is 0 Å². The fourth-order valence-corrected chi connectivity index (χ4v) is 2.82. The van der Waals surface area contributed by atoms with E-state index in [-0.39, 0.29) is 11.6 Å². The number of nitrogens with zero attached hydrogens (tertiary/aromatic N) is 2. The molecule has 1 aromatic carbocycles. The number of thiazole rings is 1. The van der Waals surface area contributed by atoms with Crippen LogP contribution in [0.4, 0.5) is 10.8 Å². The second-order valence-electron chi connectivity index (χ2n) is 4.73. The van der Waals surface area contributed by atoms with Crippen LogP contribution in [-0.2, 0) is 0 Å². The summed E-state index contributed by atoms with van der Waals surface area (Å²) in [6.07, 6.45) is 0. The van der Waals surface area contributed by atoms with Crippen LogP contribution in [0.25, 0.3) is 10.9 Å². The molecule has 0 saturated carbocycles. The topological polar surface area (TPSA) is 80.9 Å². The fourth-order valence-electron chi connectivity index (χ4n) is 2.01. The molecule has 0 aliphatic carbocycles. The Hall–Kier alpha value is -2.47. The van der Waals surface area contributed by atoms with Gasteiger partial charge >= 0.3 is 0 Å². The summed E-state index contributed by atoms with van der Waals surface area (Å²) in [6.45, 7) is 3.88. The van der Waals surface area contributed by atoms with Crippen molar-refractivity contribution in [2.45, 2.75) is 13.8 Å². The maximum absolute atomic E-state index is 12.3. The average Bonchev–Trinajstić information content (AvgIpc) is 2.77. The van der Waals surface area contributed by atoms with Gasteiger partial charge in [-0.1, -0.05) is 18.2 Å². The van der Waals surface area contributed by atoms with Gasteiger partial charge in [0.15, 0.2) is 5.13 Å². The Morgan fingerprint density at radius 1 is 1.24 bits per heavy atom. The van der Waals surface area contributed by atoms with Crippen molar-refractivity contribution in [2.75, 3.05) is 11.1 Å². The Morgan fingerprint density at radius 2 is 2.00 bits per heavy atom. The number of hydrogen-bond acceptors (Lipinski definition) is 5. The van der Waals surface area contributed by atoms with Crippen molar-refractivity contribution in [2.24, 2.45) is 0 Å². The summed E-state index contributed by atoms with van der Waals surface area (Å²) >= 11 is 1.44. The SMILES string of the molecule is Cc1nc(NC(=O)c2cc(N)c3ccccc3n2)sc1C. The van der Waals surface area contributed by atoms with Gasteiger partial charge in [-0.15, -0.1) is 11.3 Å². The van der Waals surface area contributed by atoms with Crippen molar-refractivity contribution in [1.29, 1.82) is 0 Å². The van der Waals surface area contributed by atoms with Gasteiger partial charge in [-0.05, 0) is 26.0 Å². The van der Waals surface area contributed by atoms with Gasteiger partial charge in [0, 0.05) is 16.0 Å². The molecule has 0 saturated heterocycles. The number of benzene rings is 1. The van der Waals surface area contributed by atoms with Gasteiger partial charge in [-0.2, -0.15) is 0 Å².